The fourth-order valence-electron chi connectivity index (χ4n) is 3.18. The highest BCUT2D eigenvalue weighted by Crippen LogP contribution is 2.29. The molecule has 0 aliphatic heterocycles. The molecule has 2 aromatic heterocycles. The van der Waals surface area contributed by atoms with E-state index in [2.05, 4.69) is 20.6 Å². The molecule has 1 amide bonds. The number of pyridine rings is 2. The molecule has 30 heavy (non-hydrogen) atoms. The van der Waals surface area contributed by atoms with E-state index in [0.717, 1.165) is 16.8 Å². The Kier molecular flexibility index (Phi) is 6.31. The maximum atomic E-state index is 14.6. The highest BCUT2D eigenvalue weighted by molar-refractivity contribution is 5.99. The summed E-state index contributed by atoms with van der Waals surface area (Å²) in [6.45, 7) is 3.77. The molecular formula is C21H25FN6O2. The molecule has 2 heterocycles. The molecule has 0 saturated carbocycles. The van der Waals surface area contributed by atoms with Gasteiger partial charge in [-0.05, 0) is 49.1 Å². The van der Waals surface area contributed by atoms with Gasteiger partial charge < -0.3 is 26.8 Å². The molecule has 0 radical (unpaired) electrons. The molecular weight excluding hydrogens is 387 g/mol. The Bertz CT molecular complexity index is 1070. The number of hydrogen-bond acceptors (Lipinski definition) is 7. The Morgan fingerprint density at radius 2 is 2.03 bits per heavy atom. The second kappa shape index (κ2) is 8.91. The Hall–Kier alpha value is -3.46. The number of fused-ring (bicyclic) bond motifs is 1. The second-order valence-corrected chi connectivity index (χ2v) is 6.98. The summed E-state index contributed by atoms with van der Waals surface area (Å²) in [7, 11) is 1.55. The number of nitrogens with one attached hydrogen (secondary N) is 2. The normalized spacial score (nSPS) is 13.0. The van der Waals surface area contributed by atoms with E-state index in [1.807, 2.05) is 32.0 Å². The Labute approximate surface area is 173 Å². The molecule has 158 valence electrons. The lowest BCUT2D eigenvalue weighted by atomic mass is 10.1. The number of carbonyl (C=O) groups excluding carboxylic acids is 1. The number of nitrogens with zero attached hydrogens (tertiary/aromatic N) is 2. The van der Waals surface area contributed by atoms with Gasteiger partial charge in [-0.3, -0.25) is 4.79 Å². The molecule has 3 rings (SSSR count). The van der Waals surface area contributed by atoms with Gasteiger partial charge in [0, 0.05) is 29.4 Å². The van der Waals surface area contributed by atoms with Crippen LogP contribution >= 0.6 is 0 Å². The summed E-state index contributed by atoms with van der Waals surface area (Å²) in [5.74, 6) is -0.821. The minimum Gasteiger partial charge on any atom is -0.481 e. The molecule has 1 aromatic carbocycles. The van der Waals surface area contributed by atoms with Crippen LogP contribution in [0.15, 0.2) is 36.5 Å². The van der Waals surface area contributed by atoms with Crippen molar-refractivity contribution in [3.8, 4) is 5.88 Å². The first kappa shape index (κ1) is 21.3. The molecule has 0 spiro atoms. The van der Waals surface area contributed by atoms with Gasteiger partial charge in [-0.25, -0.2) is 14.4 Å². The van der Waals surface area contributed by atoms with Crippen molar-refractivity contribution in [1.29, 1.82) is 0 Å². The Morgan fingerprint density at radius 1 is 1.27 bits per heavy atom. The topological polar surface area (TPSA) is 128 Å². The van der Waals surface area contributed by atoms with Crippen molar-refractivity contribution in [2.45, 2.75) is 32.4 Å². The summed E-state index contributed by atoms with van der Waals surface area (Å²) >= 11 is 0. The average molecular weight is 412 g/mol. The number of rotatable bonds is 8. The van der Waals surface area contributed by atoms with Crippen LogP contribution in [-0.2, 0) is 0 Å². The van der Waals surface area contributed by atoms with E-state index in [9.17, 15) is 9.18 Å². The zero-order valence-electron chi connectivity index (χ0n) is 17.1. The van der Waals surface area contributed by atoms with Crippen molar-refractivity contribution < 1.29 is 13.9 Å². The highest BCUT2D eigenvalue weighted by Gasteiger charge is 2.19. The van der Waals surface area contributed by atoms with Crippen molar-refractivity contribution >= 4 is 34.0 Å². The van der Waals surface area contributed by atoms with E-state index in [0.29, 0.717) is 18.0 Å². The van der Waals surface area contributed by atoms with Crippen molar-refractivity contribution in [2.24, 2.45) is 11.5 Å². The number of nitrogens with two attached hydrogens (primary N) is 2. The molecule has 6 N–H and O–H groups in total. The quantitative estimate of drug-likeness (QED) is 0.447. The minimum atomic E-state index is -0.790. The van der Waals surface area contributed by atoms with Gasteiger partial charge >= 0.3 is 0 Å². The van der Waals surface area contributed by atoms with Gasteiger partial charge in [0.05, 0.1) is 12.7 Å². The van der Waals surface area contributed by atoms with Crippen molar-refractivity contribution in [2.75, 3.05) is 17.7 Å². The fourth-order valence-corrected chi connectivity index (χ4v) is 3.18. The SMILES string of the molecule is CC[C@@H](Nc1nc(Nc2ccc3c(OC)nccc3c2)c(C(N)=O)cc1F)[C@H](C)N. The molecule has 9 heteroatoms. The third-order valence-corrected chi connectivity index (χ3v) is 4.82. The molecule has 3 aromatic rings. The Morgan fingerprint density at radius 3 is 2.67 bits per heavy atom. The molecule has 2 atom stereocenters. The predicted octanol–water partition coefficient (Wildman–Crippen LogP) is 3.16. The van der Waals surface area contributed by atoms with Crippen LogP contribution in [0, 0.1) is 5.82 Å². The lowest BCUT2D eigenvalue weighted by Crippen LogP contribution is -2.38. The third kappa shape index (κ3) is 4.41. The number of carbonyl (C=O) groups is 1. The summed E-state index contributed by atoms with van der Waals surface area (Å²) in [6.07, 6.45) is 2.32. The number of ether oxygens (including phenoxy) is 1. The number of amides is 1. The molecule has 0 bridgehead atoms. The van der Waals surface area contributed by atoms with E-state index in [1.54, 1.807) is 19.4 Å². The smallest absolute Gasteiger partial charge is 0.252 e. The molecule has 0 saturated heterocycles. The van der Waals surface area contributed by atoms with Gasteiger partial charge in [0.1, 0.15) is 5.82 Å². The van der Waals surface area contributed by atoms with Crippen LogP contribution in [0.3, 0.4) is 0 Å². The summed E-state index contributed by atoms with van der Waals surface area (Å²) in [5, 5.41) is 7.77. The van der Waals surface area contributed by atoms with Crippen LogP contribution < -0.4 is 26.8 Å². The summed E-state index contributed by atoms with van der Waals surface area (Å²) < 4.78 is 19.8. The standard InChI is InChI=1S/C21H25FN6O2/c1-4-17(11(2)23)27-20-16(22)10-15(18(24)29)19(28-20)26-13-5-6-14-12(9-13)7-8-25-21(14)30-3/h5-11,17H,4,23H2,1-3H3,(H2,24,29)(H2,26,27,28)/t11-,17+/m0/s1. The van der Waals surface area contributed by atoms with E-state index in [-0.39, 0.29) is 29.3 Å². The number of hydrogen-bond donors (Lipinski definition) is 4. The van der Waals surface area contributed by atoms with Crippen molar-refractivity contribution in [1.82, 2.24) is 9.97 Å². The molecule has 0 fully saturated rings. The van der Waals surface area contributed by atoms with Gasteiger partial charge in [-0.2, -0.15) is 0 Å². The number of methoxy groups -OCH3 is 1. The summed E-state index contributed by atoms with van der Waals surface area (Å²) in [5.41, 5.74) is 12.0. The predicted molar refractivity (Wildman–Crippen MR) is 116 cm³/mol. The number of benzene rings is 1. The van der Waals surface area contributed by atoms with Crippen molar-refractivity contribution in [3.05, 3.63) is 47.9 Å². The maximum Gasteiger partial charge on any atom is 0.252 e. The first-order valence-corrected chi connectivity index (χ1v) is 9.56. The lowest BCUT2D eigenvalue weighted by Gasteiger charge is -2.22. The second-order valence-electron chi connectivity index (χ2n) is 6.98. The van der Waals surface area contributed by atoms with E-state index in [1.165, 1.54) is 0 Å². The monoisotopic (exact) mass is 412 g/mol. The van der Waals surface area contributed by atoms with E-state index < -0.39 is 11.7 Å². The van der Waals surface area contributed by atoms with E-state index >= 15 is 0 Å². The molecule has 0 aliphatic carbocycles. The van der Waals surface area contributed by atoms with Crippen LogP contribution in [0.4, 0.5) is 21.7 Å². The van der Waals surface area contributed by atoms with Crippen LogP contribution in [0.2, 0.25) is 0 Å². The molecule has 0 aliphatic rings. The van der Waals surface area contributed by atoms with Crippen LogP contribution in [0.5, 0.6) is 5.88 Å². The zero-order valence-corrected chi connectivity index (χ0v) is 17.1. The molecule has 8 nitrogen and oxygen atoms in total. The first-order chi connectivity index (χ1) is 14.3. The number of aromatic nitrogens is 2. The van der Waals surface area contributed by atoms with E-state index in [4.69, 9.17) is 16.2 Å². The lowest BCUT2D eigenvalue weighted by molar-refractivity contribution is 0.100. The number of anilines is 3. The highest BCUT2D eigenvalue weighted by atomic mass is 19.1. The minimum absolute atomic E-state index is 0.00157. The van der Waals surface area contributed by atoms with Gasteiger partial charge in [0.25, 0.3) is 5.91 Å². The van der Waals surface area contributed by atoms with Crippen LogP contribution in [-0.4, -0.2) is 35.1 Å². The van der Waals surface area contributed by atoms with Crippen LogP contribution in [0.1, 0.15) is 30.6 Å². The zero-order chi connectivity index (χ0) is 21.8. The van der Waals surface area contributed by atoms with Gasteiger partial charge in [-0.15, -0.1) is 0 Å². The number of primary amides is 1. The first-order valence-electron chi connectivity index (χ1n) is 9.56. The fraction of sp³-hybridized carbons (Fsp3) is 0.286. The molecule has 0 unspecified atom stereocenters. The van der Waals surface area contributed by atoms with Crippen LogP contribution in [0.25, 0.3) is 10.8 Å². The van der Waals surface area contributed by atoms with Crippen molar-refractivity contribution in [3.63, 3.8) is 0 Å². The maximum absolute atomic E-state index is 14.6. The van der Waals surface area contributed by atoms with Gasteiger partial charge in [0.2, 0.25) is 5.88 Å². The van der Waals surface area contributed by atoms with Gasteiger partial charge in [-0.1, -0.05) is 6.92 Å². The summed E-state index contributed by atoms with van der Waals surface area (Å²) in [4.78, 5) is 20.3. The average Bonchev–Trinajstić information content (AvgIpc) is 2.72. The largest absolute Gasteiger partial charge is 0.481 e. The van der Waals surface area contributed by atoms with Gasteiger partial charge in [0.15, 0.2) is 11.6 Å². The third-order valence-electron chi connectivity index (χ3n) is 4.82. The Balaban J connectivity index is 2.00. The summed E-state index contributed by atoms with van der Waals surface area (Å²) in [6, 6.07) is 7.97. The number of halogens is 1.